The van der Waals surface area contributed by atoms with Crippen molar-refractivity contribution in [2.24, 2.45) is 0 Å². The molecule has 2 heterocycles. The zero-order valence-electron chi connectivity index (χ0n) is 10.6. The van der Waals surface area contributed by atoms with E-state index in [9.17, 15) is 0 Å². The first kappa shape index (κ1) is 12.1. The van der Waals surface area contributed by atoms with Gasteiger partial charge >= 0.3 is 0 Å². The molecule has 3 aromatic rings. The molecule has 3 rings (SSSR count). The van der Waals surface area contributed by atoms with Crippen molar-refractivity contribution in [1.82, 2.24) is 20.0 Å². The molecule has 0 amide bonds. The molecule has 0 saturated heterocycles. The minimum Gasteiger partial charge on any atom is -0.259 e. The summed E-state index contributed by atoms with van der Waals surface area (Å²) in [6.45, 7) is 0.587. The largest absolute Gasteiger partial charge is 0.259 e. The number of pyridine rings is 1. The highest BCUT2D eigenvalue weighted by molar-refractivity contribution is 5.58. The van der Waals surface area contributed by atoms with Crippen LogP contribution in [0.25, 0.3) is 11.3 Å². The van der Waals surface area contributed by atoms with Crippen molar-refractivity contribution >= 4 is 0 Å². The molecule has 20 heavy (non-hydrogen) atoms. The van der Waals surface area contributed by atoms with Crippen LogP contribution in [0.15, 0.2) is 54.9 Å². The summed E-state index contributed by atoms with van der Waals surface area (Å²) in [5, 5.41) is 17.0. The summed E-state index contributed by atoms with van der Waals surface area (Å²) in [5.41, 5.74) is 3.29. The summed E-state index contributed by atoms with van der Waals surface area (Å²) in [4.78, 5) is 4.25. The highest BCUT2D eigenvalue weighted by atomic mass is 15.4. The molecule has 0 saturated carbocycles. The first-order valence-electron chi connectivity index (χ1n) is 6.16. The molecule has 0 spiro atoms. The molecule has 0 radical (unpaired) electrons. The molecule has 96 valence electrons. The zero-order chi connectivity index (χ0) is 13.8. The van der Waals surface area contributed by atoms with Gasteiger partial charge in [-0.2, -0.15) is 5.26 Å². The summed E-state index contributed by atoms with van der Waals surface area (Å²) in [7, 11) is 0. The van der Waals surface area contributed by atoms with Gasteiger partial charge in [-0.3, -0.25) is 4.98 Å². The van der Waals surface area contributed by atoms with Crippen LogP contribution in [-0.2, 0) is 6.54 Å². The fourth-order valence-electron chi connectivity index (χ4n) is 1.88. The Hall–Kier alpha value is -3.00. The lowest BCUT2D eigenvalue weighted by Gasteiger charge is -1.98. The smallest absolute Gasteiger partial charge is 0.113 e. The van der Waals surface area contributed by atoms with Crippen LogP contribution < -0.4 is 0 Å². The Kier molecular flexibility index (Phi) is 3.21. The number of nitriles is 1. The minimum absolute atomic E-state index is 0.587. The van der Waals surface area contributed by atoms with Crippen LogP contribution in [0.4, 0.5) is 0 Å². The van der Waals surface area contributed by atoms with E-state index in [4.69, 9.17) is 5.26 Å². The summed E-state index contributed by atoms with van der Waals surface area (Å²) in [5.74, 6) is 0. The fourth-order valence-corrected chi connectivity index (χ4v) is 1.88. The van der Waals surface area contributed by atoms with E-state index in [2.05, 4.69) is 21.4 Å². The van der Waals surface area contributed by atoms with Gasteiger partial charge in [0.15, 0.2) is 0 Å². The van der Waals surface area contributed by atoms with Gasteiger partial charge in [-0.25, -0.2) is 4.68 Å². The molecule has 0 unspecified atom stereocenters. The van der Waals surface area contributed by atoms with Crippen molar-refractivity contribution in [3.05, 3.63) is 66.1 Å². The molecule has 5 nitrogen and oxygen atoms in total. The number of nitrogens with zero attached hydrogens (tertiary/aromatic N) is 5. The Balaban J connectivity index is 1.81. The average Bonchev–Trinajstić information content (AvgIpc) is 2.97. The fraction of sp³-hybridized carbons (Fsp3) is 0.0667. The van der Waals surface area contributed by atoms with Crippen molar-refractivity contribution in [3.63, 3.8) is 0 Å². The lowest BCUT2D eigenvalue weighted by atomic mass is 10.1. The Labute approximate surface area is 116 Å². The molecule has 2 aromatic heterocycles. The third-order valence-electron chi connectivity index (χ3n) is 2.90. The van der Waals surface area contributed by atoms with E-state index in [0.29, 0.717) is 12.1 Å². The second-order valence-electron chi connectivity index (χ2n) is 4.31. The first-order valence-corrected chi connectivity index (χ1v) is 6.16. The van der Waals surface area contributed by atoms with Gasteiger partial charge in [0.05, 0.1) is 30.1 Å². The normalized spacial score (nSPS) is 10.2. The van der Waals surface area contributed by atoms with Crippen molar-refractivity contribution in [1.29, 1.82) is 5.26 Å². The molecular formula is C15H11N5. The Morgan fingerprint density at radius 1 is 1.10 bits per heavy atom. The van der Waals surface area contributed by atoms with Crippen LogP contribution in [-0.4, -0.2) is 20.0 Å². The predicted octanol–water partition coefficient (Wildman–Crippen LogP) is 2.26. The standard InChI is InChI=1S/C15H11N5/c16-9-12-4-6-13(7-5-12)15-11-20(19-18-15)10-14-3-1-2-8-17-14/h1-8,11H,10H2. The van der Waals surface area contributed by atoms with Gasteiger partial charge in [-0.15, -0.1) is 5.10 Å². The lowest BCUT2D eigenvalue weighted by molar-refractivity contribution is 0.639. The third kappa shape index (κ3) is 2.54. The van der Waals surface area contributed by atoms with Crippen LogP contribution in [0.5, 0.6) is 0 Å². The van der Waals surface area contributed by atoms with Crippen molar-refractivity contribution in [2.75, 3.05) is 0 Å². The number of hydrogen-bond acceptors (Lipinski definition) is 4. The van der Waals surface area contributed by atoms with E-state index in [1.807, 2.05) is 36.5 Å². The Bertz CT molecular complexity index is 738. The third-order valence-corrected chi connectivity index (χ3v) is 2.90. The lowest BCUT2D eigenvalue weighted by Crippen LogP contribution is -2.01. The SMILES string of the molecule is N#Cc1ccc(-c2cn(Cc3ccccn3)nn2)cc1. The molecule has 0 atom stereocenters. The quantitative estimate of drug-likeness (QED) is 0.725. The molecule has 1 aromatic carbocycles. The van der Waals surface area contributed by atoms with Crippen LogP contribution in [0, 0.1) is 11.3 Å². The number of rotatable bonds is 3. The molecule has 0 aliphatic carbocycles. The maximum absolute atomic E-state index is 8.78. The van der Waals surface area contributed by atoms with Crippen molar-refractivity contribution in [3.8, 4) is 17.3 Å². The molecule has 0 aliphatic heterocycles. The van der Waals surface area contributed by atoms with Crippen molar-refractivity contribution in [2.45, 2.75) is 6.54 Å². The van der Waals surface area contributed by atoms with E-state index < -0.39 is 0 Å². The van der Waals surface area contributed by atoms with Gasteiger partial charge in [0, 0.05) is 11.8 Å². The molecule has 0 fully saturated rings. The first-order chi connectivity index (χ1) is 9.85. The monoisotopic (exact) mass is 261 g/mol. The van der Waals surface area contributed by atoms with Gasteiger partial charge in [-0.05, 0) is 24.3 Å². The van der Waals surface area contributed by atoms with Crippen molar-refractivity contribution < 1.29 is 0 Å². The van der Waals surface area contributed by atoms with Crippen LogP contribution in [0.1, 0.15) is 11.3 Å². The molecule has 0 aliphatic rings. The van der Waals surface area contributed by atoms with E-state index in [0.717, 1.165) is 17.0 Å². The van der Waals surface area contributed by atoms with Gasteiger partial charge < -0.3 is 0 Å². The van der Waals surface area contributed by atoms with Gasteiger partial charge in [0.1, 0.15) is 5.69 Å². The van der Waals surface area contributed by atoms with Gasteiger partial charge in [0.2, 0.25) is 0 Å². The second kappa shape index (κ2) is 5.33. The number of aromatic nitrogens is 4. The number of hydrogen-bond donors (Lipinski definition) is 0. The summed E-state index contributed by atoms with van der Waals surface area (Å²) >= 11 is 0. The second-order valence-corrected chi connectivity index (χ2v) is 4.31. The zero-order valence-corrected chi connectivity index (χ0v) is 10.6. The van der Waals surface area contributed by atoms with Crippen LogP contribution >= 0.6 is 0 Å². The highest BCUT2D eigenvalue weighted by Gasteiger charge is 2.04. The Morgan fingerprint density at radius 2 is 1.95 bits per heavy atom. The molecule has 0 N–H and O–H groups in total. The van der Waals surface area contributed by atoms with Gasteiger partial charge in [0.25, 0.3) is 0 Å². The van der Waals surface area contributed by atoms with E-state index in [1.54, 1.807) is 23.0 Å². The maximum atomic E-state index is 8.78. The van der Waals surface area contributed by atoms with Crippen LogP contribution in [0.3, 0.4) is 0 Å². The summed E-state index contributed by atoms with van der Waals surface area (Å²) < 4.78 is 1.75. The maximum Gasteiger partial charge on any atom is 0.113 e. The minimum atomic E-state index is 0.587. The highest BCUT2D eigenvalue weighted by Crippen LogP contribution is 2.16. The van der Waals surface area contributed by atoms with E-state index in [1.165, 1.54) is 0 Å². The predicted molar refractivity (Wildman–Crippen MR) is 73.5 cm³/mol. The van der Waals surface area contributed by atoms with E-state index >= 15 is 0 Å². The molecule has 5 heteroatoms. The average molecular weight is 261 g/mol. The number of benzene rings is 1. The summed E-state index contributed by atoms with van der Waals surface area (Å²) in [6, 6.07) is 15.1. The Morgan fingerprint density at radius 3 is 2.65 bits per heavy atom. The molecule has 0 bridgehead atoms. The van der Waals surface area contributed by atoms with E-state index in [-0.39, 0.29) is 0 Å². The van der Waals surface area contributed by atoms with Crippen LogP contribution in [0.2, 0.25) is 0 Å². The molecular weight excluding hydrogens is 250 g/mol. The summed E-state index contributed by atoms with van der Waals surface area (Å²) in [6.07, 6.45) is 3.63. The topological polar surface area (TPSA) is 67.4 Å². The van der Waals surface area contributed by atoms with Gasteiger partial charge in [-0.1, -0.05) is 23.4 Å².